The van der Waals surface area contributed by atoms with Gasteiger partial charge in [0.2, 0.25) is 0 Å². The number of unbranched alkanes of at least 4 members (excludes halogenated alkanes) is 3. The van der Waals surface area contributed by atoms with Gasteiger partial charge in [0.25, 0.3) is 0 Å². The van der Waals surface area contributed by atoms with Gasteiger partial charge in [0.1, 0.15) is 0 Å². The number of piperidine rings is 1. The van der Waals surface area contributed by atoms with Crippen LogP contribution in [0.15, 0.2) is 36.5 Å². The normalized spacial score (nSPS) is 23.2. The zero-order valence-electron chi connectivity index (χ0n) is 14.3. The predicted molar refractivity (Wildman–Crippen MR) is 97.1 cm³/mol. The van der Waals surface area contributed by atoms with Crippen LogP contribution in [0.3, 0.4) is 0 Å². The third-order valence-electron chi connectivity index (χ3n) is 4.19. The van der Waals surface area contributed by atoms with Crippen molar-refractivity contribution in [2.24, 2.45) is 0 Å². The van der Waals surface area contributed by atoms with E-state index >= 15 is 0 Å². The Hall–Kier alpha value is -0.860. The number of allylic oxidation sites excluding steroid dienone is 5. The monoisotopic (exact) mass is 305 g/mol. The van der Waals surface area contributed by atoms with Crippen molar-refractivity contribution < 1.29 is 5.11 Å². The molecule has 1 heterocycles. The molecule has 0 aromatic rings. The minimum Gasteiger partial charge on any atom is -0.396 e. The third-order valence-corrected chi connectivity index (χ3v) is 4.19. The maximum absolute atomic E-state index is 8.85. The maximum Gasteiger partial charge on any atom is 0.0431 e. The quantitative estimate of drug-likeness (QED) is 0.323. The van der Waals surface area contributed by atoms with Gasteiger partial charge < -0.3 is 10.4 Å². The van der Waals surface area contributed by atoms with Crippen molar-refractivity contribution in [2.75, 3.05) is 6.61 Å². The Kier molecular flexibility index (Phi) is 12.0. The van der Waals surface area contributed by atoms with Crippen LogP contribution in [0.25, 0.3) is 0 Å². The molecule has 1 aliphatic rings. The summed E-state index contributed by atoms with van der Waals surface area (Å²) in [6.07, 6.45) is 25.4. The SMILES string of the molecule is CCCC=CCCC=CC=CC1CCCC(CCCCO)N1. The molecular weight excluding hydrogens is 270 g/mol. The Morgan fingerprint density at radius 2 is 1.82 bits per heavy atom. The second kappa shape index (κ2) is 13.8. The van der Waals surface area contributed by atoms with E-state index in [1.165, 1.54) is 38.5 Å². The Morgan fingerprint density at radius 3 is 2.64 bits per heavy atom. The highest BCUT2D eigenvalue weighted by molar-refractivity contribution is 5.07. The van der Waals surface area contributed by atoms with Crippen molar-refractivity contribution >= 4 is 0 Å². The first-order valence-corrected chi connectivity index (χ1v) is 9.22. The van der Waals surface area contributed by atoms with E-state index in [4.69, 9.17) is 5.11 Å². The van der Waals surface area contributed by atoms with Crippen LogP contribution in [0.5, 0.6) is 0 Å². The molecule has 1 saturated heterocycles. The van der Waals surface area contributed by atoms with Gasteiger partial charge in [0.15, 0.2) is 0 Å². The number of nitrogens with one attached hydrogen (secondary N) is 1. The second-order valence-electron chi connectivity index (χ2n) is 6.27. The fourth-order valence-electron chi connectivity index (χ4n) is 2.90. The fraction of sp³-hybridized carbons (Fsp3) is 0.700. The van der Waals surface area contributed by atoms with Gasteiger partial charge in [0.05, 0.1) is 0 Å². The molecule has 0 aliphatic carbocycles. The molecule has 2 unspecified atom stereocenters. The van der Waals surface area contributed by atoms with Gasteiger partial charge in [-0.3, -0.25) is 0 Å². The predicted octanol–water partition coefficient (Wildman–Crippen LogP) is 4.91. The summed E-state index contributed by atoms with van der Waals surface area (Å²) in [6.45, 7) is 2.54. The van der Waals surface area contributed by atoms with Crippen LogP contribution in [-0.4, -0.2) is 23.8 Å². The van der Waals surface area contributed by atoms with Crippen molar-refractivity contribution in [3.63, 3.8) is 0 Å². The minimum atomic E-state index is 0.328. The number of hydrogen-bond acceptors (Lipinski definition) is 2. The summed E-state index contributed by atoms with van der Waals surface area (Å²) in [5, 5.41) is 12.6. The largest absolute Gasteiger partial charge is 0.396 e. The summed E-state index contributed by atoms with van der Waals surface area (Å²) in [5.41, 5.74) is 0. The van der Waals surface area contributed by atoms with E-state index in [1.54, 1.807) is 0 Å². The minimum absolute atomic E-state index is 0.328. The number of aliphatic hydroxyl groups excluding tert-OH is 1. The van der Waals surface area contributed by atoms with Crippen LogP contribution in [0.1, 0.15) is 71.1 Å². The molecule has 1 aliphatic heterocycles. The molecule has 0 aromatic carbocycles. The van der Waals surface area contributed by atoms with Gasteiger partial charge >= 0.3 is 0 Å². The molecule has 0 radical (unpaired) electrons. The van der Waals surface area contributed by atoms with E-state index in [1.807, 2.05) is 0 Å². The molecule has 2 atom stereocenters. The molecule has 0 saturated carbocycles. The second-order valence-corrected chi connectivity index (χ2v) is 6.27. The van der Waals surface area contributed by atoms with Crippen molar-refractivity contribution in [1.82, 2.24) is 5.32 Å². The molecule has 0 aromatic heterocycles. The van der Waals surface area contributed by atoms with Crippen molar-refractivity contribution in [3.8, 4) is 0 Å². The summed E-state index contributed by atoms with van der Waals surface area (Å²) in [7, 11) is 0. The van der Waals surface area contributed by atoms with E-state index < -0.39 is 0 Å². The smallest absolute Gasteiger partial charge is 0.0431 e. The lowest BCUT2D eigenvalue weighted by molar-refractivity contribution is 0.271. The summed E-state index contributed by atoms with van der Waals surface area (Å²) in [6, 6.07) is 1.17. The Bertz CT molecular complexity index is 333. The van der Waals surface area contributed by atoms with Crippen LogP contribution in [0.4, 0.5) is 0 Å². The zero-order valence-corrected chi connectivity index (χ0v) is 14.3. The summed E-state index contributed by atoms with van der Waals surface area (Å²) in [5.74, 6) is 0. The first kappa shape index (κ1) is 19.2. The summed E-state index contributed by atoms with van der Waals surface area (Å²) < 4.78 is 0. The molecule has 1 rings (SSSR count). The number of hydrogen-bond donors (Lipinski definition) is 2. The van der Waals surface area contributed by atoms with E-state index in [9.17, 15) is 0 Å². The molecule has 0 amide bonds. The summed E-state index contributed by atoms with van der Waals surface area (Å²) in [4.78, 5) is 0. The van der Waals surface area contributed by atoms with Gasteiger partial charge in [-0.25, -0.2) is 0 Å². The van der Waals surface area contributed by atoms with E-state index in [0.29, 0.717) is 18.7 Å². The summed E-state index contributed by atoms with van der Waals surface area (Å²) >= 11 is 0. The first-order valence-electron chi connectivity index (χ1n) is 9.22. The van der Waals surface area contributed by atoms with Crippen LogP contribution in [0, 0.1) is 0 Å². The maximum atomic E-state index is 8.85. The molecule has 2 heteroatoms. The van der Waals surface area contributed by atoms with Gasteiger partial charge in [-0.2, -0.15) is 0 Å². The highest BCUT2D eigenvalue weighted by atomic mass is 16.2. The Labute approximate surface area is 137 Å². The van der Waals surface area contributed by atoms with Crippen molar-refractivity contribution in [3.05, 3.63) is 36.5 Å². The standard InChI is InChI=1S/C20H35NO/c1-2-3-4-5-6-7-8-9-10-14-19-16-13-17-20(21-19)15-11-12-18-22/h4-5,8-10,14,19-22H,2-3,6-7,11-13,15-18H2,1H3. The number of rotatable bonds is 11. The highest BCUT2D eigenvalue weighted by Gasteiger charge is 2.18. The number of aliphatic hydroxyl groups is 1. The van der Waals surface area contributed by atoms with Crippen LogP contribution < -0.4 is 5.32 Å². The Balaban J connectivity index is 2.13. The average molecular weight is 306 g/mol. The van der Waals surface area contributed by atoms with Gasteiger partial charge in [-0.15, -0.1) is 0 Å². The topological polar surface area (TPSA) is 32.3 Å². The van der Waals surface area contributed by atoms with E-state index in [2.05, 4.69) is 48.7 Å². The first-order chi connectivity index (χ1) is 10.9. The average Bonchev–Trinajstić information content (AvgIpc) is 2.54. The van der Waals surface area contributed by atoms with Crippen LogP contribution >= 0.6 is 0 Å². The molecular formula is C20H35NO. The molecule has 126 valence electrons. The zero-order chi connectivity index (χ0) is 15.9. The molecule has 1 fully saturated rings. The van der Waals surface area contributed by atoms with Gasteiger partial charge in [-0.1, -0.05) is 56.2 Å². The van der Waals surface area contributed by atoms with E-state index in [0.717, 1.165) is 25.7 Å². The van der Waals surface area contributed by atoms with Crippen LogP contribution in [-0.2, 0) is 0 Å². The van der Waals surface area contributed by atoms with Gasteiger partial charge in [-0.05, 0) is 51.4 Å². The lowest BCUT2D eigenvalue weighted by Crippen LogP contribution is -2.41. The lowest BCUT2D eigenvalue weighted by Gasteiger charge is -2.29. The van der Waals surface area contributed by atoms with E-state index in [-0.39, 0.29) is 0 Å². The van der Waals surface area contributed by atoms with Crippen molar-refractivity contribution in [2.45, 2.75) is 83.2 Å². The molecule has 0 bridgehead atoms. The molecule has 22 heavy (non-hydrogen) atoms. The Morgan fingerprint density at radius 1 is 1.00 bits per heavy atom. The molecule has 2 nitrogen and oxygen atoms in total. The molecule has 0 spiro atoms. The highest BCUT2D eigenvalue weighted by Crippen LogP contribution is 2.17. The molecule has 2 N–H and O–H groups in total. The third kappa shape index (κ3) is 9.97. The fourth-order valence-corrected chi connectivity index (χ4v) is 2.90. The van der Waals surface area contributed by atoms with Crippen LogP contribution in [0.2, 0.25) is 0 Å². The lowest BCUT2D eigenvalue weighted by atomic mass is 9.95. The van der Waals surface area contributed by atoms with Gasteiger partial charge in [0, 0.05) is 18.7 Å². The van der Waals surface area contributed by atoms with Crippen molar-refractivity contribution in [1.29, 1.82) is 0 Å².